The molecule has 0 saturated carbocycles. The number of hydrogen-bond acceptors (Lipinski definition) is 4. The molecule has 2 aliphatic heterocycles. The van der Waals surface area contributed by atoms with Gasteiger partial charge in [0.05, 0.1) is 12.5 Å². The standard InChI is InChI=1S/C11H15N3O2S/c15-11(16)7-1-2-9-12-10(13-14(9)5-7)8-3-4-17-6-8/h7-8H,1-6H2,(H,15,16). The van der Waals surface area contributed by atoms with Crippen LogP contribution in [0.3, 0.4) is 0 Å². The van der Waals surface area contributed by atoms with Gasteiger partial charge in [0.15, 0.2) is 5.82 Å². The largest absolute Gasteiger partial charge is 0.481 e. The topological polar surface area (TPSA) is 68.0 Å². The first-order valence-electron chi connectivity index (χ1n) is 5.98. The van der Waals surface area contributed by atoms with Crippen molar-refractivity contribution in [2.75, 3.05) is 11.5 Å². The SMILES string of the molecule is O=C(O)C1CCc2nc(C3CCSC3)nn2C1. The van der Waals surface area contributed by atoms with E-state index < -0.39 is 5.97 Å². The third-order valence-corrected chi connectivity index (χ3v) is 4.68. The van der Waals surface area contributed by atoms with Crippen LogP contribution in [0, 0.1) is 5.92 Å². The lowest BCUT2D eigenvalue weighted by Gasteiger charge is -2.18. The minimum atomic E-state index is -0.718. The highest BCUT2D eigenvalue weighted by Gasteiger charge is 2.29. The Morgan fingerprint density at radius 3 is 3.06 bits per heavy atom. The Balaban J connectivity index is 1.81. The van der Waals surface area contributed by atoms with Gasteiger partial charge in [-0.2, -0.15) is 16.9 Å². The van der Waals surface area contributed by atoms with E-state index in [0.717, 1.165) is 30.2 Å². The Kier molecular flexibility index (Phi) is 2.82. The molecule has 6 heteroatoms. The van der Waals surface area contributed by atoms with Crippen LogP contribution in [0.5, 0.6) is 0 Å². The Morgan fingerprint density at radius 1 is 1.47 bits per heavy atom. The number of rotatable bonds is 2. The van der Waals surface area contributed by atoms with Gasteiger partial charge in [-0.1, -0.05) is 0 Å². The number of carboxylic acid groups (broad SMARTS) is 1. The maximum Gasteiger partial charge on any atom is 0.308 e. The first-order chi connectivity index (χ1) is 8.24. The summed E-state index contributed by atoms with van der Waals surface area (Å²) >= 11 is 1.95. The number of aromatic nitrogens is 3. The maximum absolute atomic E-state index is 11.0. The number of carboxylic acids is 1. The van der Waals surface area contributed by atoms with E-state index in [1.54, 1.807) is 4.68 Å². The van der Waals surface area contributed by atoms with Crippen LogP contribution in [0.4, 0.5) is 0 Å². The second-order valence-corrected chi connectivity index (χ2v) is 5.85. The first-order valence-corrected chi connectivity index (χ1v) is 7.13. The van der Waals surface area contributed by atoms with Gasteiger partial charge < -0.3 is 5.11 Å². The summed E-state index contributed by atoms with van der Waals surface area (Å²) < 4.78 is 1.81. The Bertz CT molecular complexity index is 440. The molecule has 0 aromatic carbocycles. The summed E-state index contributed by atoms with van der Waals surface area (Å²) in [5.74, 6) is 3.64. The molecule has 1 aromatic heterocycles. The highest BCUT2D eigenvalue weighted by atomic mass is 32.2. The van der Waals surface area contributed by atoms with Crippen molar-refractivity contribution in [3.05, 3.63) is 11.6 Å². The van der Waals surface area contributed by atoms with Crippen LogP contribution < -0.4 is 0 Å². The third kappa shape index (κ3) is 2.06. The zero-order valence-corrected chi connectivity index (χ0v) is 10.3. The van der Waals surface area contributed by atoms with Crippen LogP contribution in [0.2, 0.25) is 0 Å². The summed E-state index contributed by atoms with van der Waals surface area (Å²) in [6, 6.07) is 0. The molecular formula is C11H15N3O2S. The summed E-state index contributed by atoms with van der Waals surface area (Å²) in [7, 11) is 0. The zero-order chi connectivity index (χ0) is 11.8. The van der Waals surface area contributed by atoms with Crippen molar-refractivity contribution in [3.8, 4) is 0 Å². The molecule has 1 N–H and O–H groups in total. The van der Waals surface area contributed by atoms with Crippen molar-refractivity contribution in [3.63, 3.8) is 0 Å². The number of thioether (sulfide) groups is 1. The highest BCUT2D eigenvalue weighted by molar-refractivity contribution is 7.99. The van der Waals surface area contributed by atoms with Crippen LogP contribution in [0.25, 0.3) is 0 Å². The number of aliphatic carboxylic acids is 1. The lowest BCUT2D eigenvalue weighted by molar-refractivity contribution is -0.142. The number of hydrogen-bond donors (Lipinski definition) is 1. The molecule has 3 heterocycles. The average molecular weight is 253 g/mol. The van der Waals surface area contributed by atoms with Gasteiger partial charge in [-0.25, -0.2) is 9.67 Å². The van der Waals surface area contributed by atoms with E-state index in [0.29, 0.717) is 18.9 Å². The smallest absolute Gasteiger partial charge is 0.308 e. The molecule has 2 unspecified atom stereocenters. The molecular weight excluding hydrogens is 238 g/mol. The molecule has 3 rings (SSSR count). The van der Waals surface area contributed by atoms with Gasteiger partial charge in [0.25, 0.3) is 0 Å². The summed E-state index contributed by atoms with van der Waals surface area (Å²) in [5.41, 5.74) is 0. The van der Waals surface area contributed by atoms with Gasteiger partial charge in [-0.05, 0) is 18.6 Å². The van der Waals surface area contributed by atoms with Crippen LogP contribution in [-0.4, -0.2) is 37.3 Å². The van der Waals surface area contributed by atoms with Gasteiger partial charge >= 0.3 is 5.97 Å². The fourth-order valence-corrected chi connectivity index (χ4v) is 3.66. The Hall–Kier alpha value is -1.04. The van der Waals surface area contributed by atoms with E-state index in [9.17, 15) is 4.79 Å². The Labute approximate surface area is 104 Å². The summed E-state index contributed by atoms with van der Waals surface area (Å²) in [6.07, 6.45) is 2.58. The predicted octanol–water partition coefficient (Wildman–Crippen LogP) is 1.15. The molecule has 2 atom stereocenters. The fourth-order valence-electron chi connectivity index (χ4n) is 2.44. The Morgan fingerprint density at radius 2 is 2.35 bits per heavy atom. The molecule has 2 aliphatic rings. The fraction of sp³-hybridized carbons (Fsp3) is 0.727. The maximum atomic E-state index is 11.0. The van der Waals surface area contributed by atoms with Crippen LogP contribution >= 0.6 is 11.8 Å². The second-order valence-electron chi connectivity index (χ2n) is 4.70. The van der Waals surface area contributed by atoms with Gasteiger partial charge in [0, 0.05) is 18.1 Å². The van der Waals surface area contributed by atoms with Crippen LogP contribution in [0.15, 0.2) is 0 Å². The molecule has 0 aliphatic carbocycles. The molecule has 0 amide bonds. The van der Waals surface area contributed by atoms with Gasteiger partial charge in [0.2, 0.25) is 0 Å². The number of fused-ring (bicyclic) bond motifs is 1. The minimum absolute atomic E-state index is 0.296. The van der Waals surface area contributed by atoms with E-state index >= 15 is 0 Å². The predicted molar refractivity (Wildman–Crippen MR) is 64.2 cm³/mol. The second kappa shape index (κ2) is 4.33. The molecule has 92 valence electrons. The van der Waals surface area contributed by atoms with Gasteiger partial charge in [0.1, 0.15) is 5.82 Å². The average Bonchev–Trinajstić information content (AvgIpc) is 2.96. The molecule has 5 nitrogen and oxygen atoms in total. The van der Waals surface area contributed by atoms with Gasteiger partial charge in [-0.3, -0.25) is 4.79 Å². The van der Waals surface area contributed by atoms with Crippen LogP contribution in [0.1, 0.15) is 30.4 Å². The van der Waals surface area contributed by atoms with Crippen molar-refractivity contribution in [1.29, 1.82) is 0 Å². The van der Waals surface area contributed by atoms with E-state index in [2.05, 4.69) is 10.1 Å². The van der Waals surface area contributed by atoms with Crippen molar-refractivity contribution in [2.24, 2.45) is 5.92 Å². The lowest BCUT2D eigenvalue weighted by atomic mass is 10.0. The number of carbonyl (C=O) groups is 1. The van der Waals surface area contributed by atoms with Crippen molar-refractivity contribution in [1.82, 2.24) is 14.8 Å². The van der Waals surface area contributed by atoms with E-state index in [4.69, 9.17) is 5.11 Å². The molecule has 0 bridgehead atoms. The number of nitrogens with zero attached hydrogens (tertiary/aromatic N) is 3. The molecule has 0 spiro atoms. The third-order valence-electron chi connectivity index (χ3n) is 3.52. The minimum Gasteiger partial charge on any atom is -0.481 e. The van der Waals surface area contributed by atoms with Gasteiger partial charge in [-0.15, -0.1) is 0 Å². The molecule has 0 radical (unpaired) electrons. The van der Waals surface area contributed by atoms with Crippen molar-refractivity contribution < 1.29 is 9.90 Å². The summed E-state index contributed by atoms with van der Waals surface area (Å²) in [6.45, 7) is 0.484. The lowest BCUT2D eigenvalue weighted by Crippen LogP contribution is -2.27. The molecule has 1 aromatic rings. The zero-order valence-electron chi connectivity index (χ0n) is 9.50. The highest BCUT2D eigenvalue weighted by Crippen LogP contribution is 2.31. The normalized spacial score (nSPS) is 28.0. The summed E-state index contributed by atoms with van der Waals surface area (Å²) in [4.78, 5) is 15.5. The molecule has 17 heavy (non-hydrogen) atoms. The first kappa shape index (κ1) is 11.1. The van der Waals surface area contributed by atoms with E-state index in [-0.39, 0.29) is 5.92 Å². The van der Waals surface area contributed by atoms with Crippen LogP contribution in [-0.2, 0) is 17.8 Å². The van der Waals surface area contributed by atoms with E-state index in [1.807, 2.05) is 11.8 Å². The quantitative estimate of drug-likeness (QED) is 0.856. The van der Waals surface area contributed by atoms with Crippen molar-refractivity contribution in [2.45, 2.75) is 31.7 Å². The van der Waals surface area contributed by atoms with Crippen molar-refractivity contribution >= 4 is 17.7 Å². The summed E-state index contributed by atoms with van der Waals surface area (Å²) in [5, 5.41) is 13.5. The molecule has 1 saturated heterocycles. The monoisotopic (exact) mass is 253 g/mol. The van der Waals surface area contributed by atoms with E-state index in [1.165, 1.54) is 5.75 Å². The number of aryl methyl sites for hydroxylation is 1. The molecule has 1 fully saturated rings.